The molecule has 0 unspecified atom stereocenters. The third kappa shape index (κ3) is 7.78. The summed E-state index contributed by atoms with van der Waals surface area (Å²) in [6.07, 6.45) is 2.29. The lowest BCUT2D eigenvalue weighted by molar-refractivity contribution is -0.109. The molecule has 3 amide bonds. The summed E-state index contributed by atoms with van der Waals surface area (Å²) in [7, 11) is -3.31. The molecule has 0 radical (unpaired) electrons. The third-order valence-electron chi connectivity index (χ3n) is 2.31. The number of anilines is 2. The van der Waals surface area contributed by atoms with Crippen LogP contribution in [0.3, 0.4) is 0 Å². The van der Waals surface area contributed by atoms with Gasteiger partial charge >= 0.3 is 6.03 Å². The minimum absolute atomic E-state index is 0.370. The zero-order valence-corrected chi connectivity index (χ0v) is 12.4. The first-order chi connectivity index (χ1) is 9.90. The number of amides is 3. The molecule has 1 aromatic rings. The standard InChI is InChI=1S/C12H18N4O4S/c1-21(19,20)16-11-5-3-10(4-6-11)15-12(18)14-8-2-7-13-9-17/h3-6,9,16H,2,7-8H2,1H3,(H,13,17)(H2,14,15,18). The maximum atomic E-state index is 11.5. The number of hydrogen-bond donors (Lipinski definition) is 4. The van der Waals surface area contributed by atoms with Crippen LogP contribution < -0.4 is 20.7 Å². The topological polar surface area (TPSA) is 116 Å². The summed E-state index contributed by atoms with van der Waals surface area (Å²) in [6.45, 7) is 0.927. The van der Waals surface area contributed by atoms with Crippen LogP contribution in [0.15, 0.2) is 24.3 Å². The Hall–Kier alpha value is -2.29. The minimum atomic E-state index is -3.31. The Balaban J connectivity index is 2.37. The second kappa shape index (κ2) is 8.10. The molecule has 0 heterocycles. The van der Waals surface area contributed by atoms with Gasteiger partial charge in [-0.05, 0) is 30.7 Å². The third-order valence-corrected chi connectivity index (χ3v) is 2.92. The van der Waals surface area contributed by atoms with E-state index >= 15 is 0 Å². The molecule has 0 aromatic heterocycles. The van der Waals surface area contributed by atoms with Crippen LogP contribution >= 0.6 is 0 Å². The van der Waals surface area contributed by atoms with Crippen LogP contribution in [0.1, 0.15) is 6.42 Å². The molecule has 21 heavy (non-hydrogen) atoms. The van der Waals surface area contributed by atoms with Crippen molar-refractivity contribution in [1.82, 2.24) is 10.6 Å². The fraction of sp³-hybridized carbons (Fsp3) is 0.333. The van der Waals surface area contributed by atoms with Gasteiger partial charge in [-0.3, -0.25) is 9.52 Å². The van der Waals surface area contributed by atoms with Crippen molar-refractivity contribution >= 4 is 33.8 Å². The highest BCUT2D eigenvalue weighted by atomic mass is 32.2. The van der Waals surface area contributed by atoms with Gasteiger partial charge < -0.3 is 16.0 Å². The van der Waals surface area contributed by atoms with Crippen molar-refractivity contribution in [2.24, 2.45) is 0 Å². The Morgan fingerprint density at radius 1 is 1.14 bits per heavy atom. The molecule has 0 fully saturated rings. The van der Waals surface area contributed by atoms with Crippen LogP contribution in [0.5, 0.6) is 0 Å². The molecular formula is C12H18N4O4S. The average molecular weight is 314 g/mol. The Kier molecular flexibility index (Phi) is 6.47. The summed E-state index contributed by atoms with van der Waals surface area (Å²) in [4.78, 5) is 21.5. The molecule has 116 valence electrons. The number of carbonyl (C=O) groups excluding carboxylic acids is 2. The van der Waals surface area contributed by atoms with Crippen molar-refractivity contribution in [3.63, 3.8) is 0 Å². The number of urea groups is 1. The van der Waals surface area contributed by atoms with Crippen LogP contribution in [-0.2, 0) is 14.8 Å². The van der Waals surface area contributed by atoms with Gasteiger partial charge in [0.25, 0.3) is 0 Å². The molecule has 1 aromatic carbocycles. The molecule has 9 heteroatoms. The first kappa shape index (κ1) is 16.8. The van der Waals surface area contributed by atoms with Gasteiger partial charge in [-0.15, -0.1) is 0 Å². The molecular weight excluding hydrogens is 296 g/mol. The highest BCUT2D eigenvalue weighted by molar-refractivity contribution is 7.92. The van der Waals surface area contributed by atoms with Gasteiger partial charge in [-0.1, -0.05) is 0 Å². The number of hydrogen-bond acceptors (Lipinski definition) is 4. The van der Waals surface area contributed by atoms with E-state index in [0.717, 1.165) is 6.26 Å². The predicted molar refractivity (Wildman–Crippen MR) is 80.6 cm³/mol. The van der Waals surface area contributed by atoms with Gasteiger partial charge in [0.15, 0.2) is 0 Å². The zero-order chi connectivity index (χ0) is 15.7. The lowest BCUT2D eigenvalue weighted by Gasteiger charge is -2.08. The normalized spacial score (nSPS) is 10.5. The van der Waals surface area contributed by atoms with Crippen LogP contribution in [0, 0.1) is 0 Å². The van der Waals surface area contributed by atoms with E-state index in [1.165, 1.54) is 0 Å². The van der Waals surface area contributed by atoms with E-state index in [1.54, 1.807) is 24.3 Å². The summed E-state index contributed by atoms with van der Waals surface area (Å²) in [5, 5.41) is 7.72. The van der Waals surface area contributed by atoms with E-state index in [9.17, 15) is 18.0 Å². The van der Waals surface area contributed by atoms with E-state index in [2.05, 4.69) is 20.7 Å². The predicted octanol–water partition coefficient (Wildman–Crippen LogP) is 0.316. The largest absolute Gasteiger partial charge is 0.359 e. The molecule has 0 spiro atoms. The molecule has 4 N–H and O–H groups in total. The number of rotatable bonds is 8. The number of benzene rings is 1. The van der Waals surface area contributed by atoms with Crippen molar-refractivity contribution in [1.29, 1.82) is 0 Å². The van der Waals surface area contributed by atoms with E-state index < -0.39 is 10.0 Å². The van der Waals surface area contributed by atoms with Crippen molar-refractivity contribution in [2.45, 2.75) is 6.42 Å². The molecule has 1 rings (SSSR count). The lowest BCUT2D eigenvalue weighted by atomic mass is 10.3. The SMILES string of the molecule is CS(=O)(=O)Nc1ccc(NC(=O)NCCCNC=O)cc1. The average Bonchev–Trinajstić information content (AvgIpc) is 2.39. The maximum Gasteiger partial charge on any atom is 0.319 e. The van der Waals surface area contributed by atoms with E-state index in [4.69, 9.17) is 0 Å². The Morgan fingerprint density at radius 3 is 2.33 bits per heavy atom. The molecule has 8 nitrogen and oxygen atoms in total. The maximum absolute atomic E-state index is 11.5. The van der Waals surface area contributed by atoms with Gasteiger partial charge in [0.05, 0.1) is 6.26 Å². The second-order valence-electron chi connectivity index (χ2n) is 4.26. The highest BCUT2D eigenvalue weighted by Crippen LogP contribution is 2.14. The molecule has 0 aliphatic carbocycles. The van der Waals surface area contributed by atoms with Crippen molar-refractivity contribution in [2.75, 3.05) is 29.4 Å². The molecule has 0 saturated heterocycles. The molecule has 0 aliphatic rings. The molecule has 0 bridgehead atoms. The quantitative estimate of drug-likeness (QED) is 0.408. The van der Waals surface area contributed by atoms with Gasteiger partial charge in [0.1, 0.15) is 0 Å². The smallest absolute Gasteiger partial charge is 0.319 e. The van der Waals surface area contributed by atoms with Crippen molar-refractivity contribution < 1.29 is 18.0 Å². The first-order valence-electron chi connectivity index (χ1n) is 6.20. The van der Waals surface area contributed by atoms with Crippen LogP contribution in [0.4, 0.5) is 16.2 Å². The zero-order valence-electron chi connectivity index (χ0n) is 11.5. The monoisotopic (exact) mass is 314 g/mol. The van der Waals surface area contributed by atoms with Gasteiger partial charge in [0, 0.05) is 24.5 Å². The van der Waals surface area contributed by atoms with Crippen molar-refractivity contribution in [3.8, 4) is 0 Å². The summed E-state index contributed by atoms with van der Waals surface area (Å²) >= 11 is 0. The van der Waals surface area contributed by atoms with E-state index in [0.29, 0.717) is 37.3 Å². The second-order valence-corrected chi connectivity index (χ2v) is 6.01. The fourth-order valence-electron chi connectivity index (χ4n) is 1.46. The fourth-order valence-corrected chi connectivity index (χ4v) is 2.03. The van der Waals surface area contributed by atoms with Crippen LogP contribution in [0.25, 0.3) is 0 Å². The summed E-state index contributed by atoms with van der Waals surface area (Å²) < 4.78 is 24.4. The van der Waals surface area contributed by atoms with Gasteiger partial charge in [0.2, 0.25) is 16.4 Å². The Morgan fingerprint density at radius 2 is 1.76 bits per heavy atom. The van der Waals surface area contributed by atoms with Gasteiger partial charge in [-0.25, -0.2) is 13.2 Å². The number of carbonyl (C=O) groups is 2. The summed E-state index contributed by atoms with van der Waals surface area (Å²) in [5.74, 6) is 0. The summed E-state index contributed by atoms with van der Waals surface area (Å²) in [6, 6.07) is 5.89. The van der Waals surface area contributed by atoms with Crippen molar-refractivity contribution in [3.05, 3.63) is 24.3 Å². The van der Waals surface area contributed by atoms with Gasteiger partial charge in [-0.2, -0.15) is 0 Å². The number of nitrogens with one attached hydrogen (secondary N) is 4. The minimum Gasteiger partial charge on any atom is -0.359 e. The lowest BCUT2D eigenvalue weighted by Crippen LogP contribution is -2.31. The number of sulfonamides is 1. The van der Waals surface area contributed by atoms with E-state index in [1.807, 2.05) is 0 Å². The molecule has 0 aliphatic heterocycles. The van der Waals surface area contributed by atoms with E-state index in [-0.39, 0.29) is 6.03 Å². The van der Waals surface area contributed by atoms with Crippen LogP contribution in [0.2, 0.25) is 0 Å². The first-order valence-corrected chi connectivity index (χ1v) is 8.09. The van der Waals surface area contributed by atoms with Crippen LogP contribution in [-0.4, -0.2) is 40.2 Å². The summed E-state index contributed by atoms with van der Waals surface area (Å²) in [5.41, 5.74) is 0.959. The Labute approximate surface area is 123 Å². The molecule has 0 saturated carbocycles. The molecule has 0 atom stereocenters. The Bertz CT molecular complexity index is 571. The highest BCUT2D eigenvalue weighted by Gasteiger charge is 2.03.